The fraction of sp³-hybridized carbons (Fsp3) is 0.571. The molecule has 1 atom stereocenters. The third-order valence-corrected chi connectivity index (χ3v) is 3.74. The average Bonchev–Trinajstić information content (AvgIpc) is 2.24. The van der Waals surface area contributed by atoms with Crippen molar-refractivity contribution < 1.29 is 0 Å². The average molecular weight is 237 g/mol. The highest BCUT2D eigenvalue weighted by Gasteiger charge is 2.16. The first-order chi connectivity index (χ1) is 7.49. The van der Waals surface area contributed by atoms with E-state index in [1.54, 1.807) is 0 Å². The van der Waals surface area contributed by atoms with Gasteiger partial charge in [-0.15, -0.1) is 0 Å². The molecule has 0 bridgehead atoms. The summed E-state index contributed by atoms with van der Waals surface area (Å²) in [5.41, 5.74) is 5.68. The Labute approximate surface area is 105 Å². The minimum atomic E-state index is 0.483. The van der Waals surface area contributed by atoms with Crippen molar-refractivity contribution >= 4 is 12.6 Å². The van der Waals surface area contributed by atoms with E-state index in [0.717, 1.165) is 12.2 Å². The largest absolute Gasteiger partial charge is 0.302 e. The summed E-state index contributed by atoms with van der Waals surface area (Å²) in [6, 6.07) is 4.98. The Morgan fingerprint density at radius 2 is 1.75 bits per heavy atom. The highest BCUT2D eigenvalue weighted by molar-refractivity contribution is 7.80. The van der Waals surface area contributed by atoms with Gasteiger partial charge in [0.1, 0.15) is 0 Å². The molecule has 1 aromatic rings. The number of rotatable bonds is 4. The van der Waals surface area contributed by atoms with E-state index in [9.17, 15) is 0 Å². The molecule has 0 saturated heterocycles. The van der Waals surface area contributed by atoms with Crippen molar-refractivity contribution in [3.05, 3.63) is 34.4 Å². The van der Waals surface area contributed by atoms with Gasteiger partial charge in [-0.2, -0.15) is 12.6 Å². The summed E-state index contributed by atoms with van der Waals surface area (Å²) >= 11 is 4.36. The third kappa shape index (κ3) is 2.80. The molecule has 2 heteroatoms. The first-order valence-corrected chi connectivity index (χ1v) is 6.46. The monoisotopic (exact) mass is 237 g/mol. The highest BCUT2D eigenvalue weighted by Crippen LogP contribution is 2.28. The van der Waals surface area contributed by atoms with Crippen molar-refractivity contribution in [2.24, 2.45) is 0 Å². The topological polar surface area (TPSA) is 3.24 Å². The van der Waals surface area contributed by atoms with Gasteiger partial charge in [-0.05, 0) is 69.3 Å². The quantitative estimate of drug-likeness (QED) is 0.784. The van der Waals surface area contributed by atoms with Crippen LogP contribution in [-0.4, -0.2) is 24.7 Å². The molecule has 0 aliphatic heterocycles. The Kier molecular flexibility index (Phi) is 4.88. The van der Waals surface area contributed by atoms with Crippen molar-refractivity contribution in [3.63, 3.8) is 0 Å². The van der Waals surface area contributed by atoms with Crippen LogP contribution in [0.3, 0.4) is 0 Å². The number of nitrogens with zero attached hydrogens (tertiary/aromatic N) is 1. The van der Waals surface area contributed by atoms with Gasteiger partial charge in [0.05, 0.1) is 0 Å². The minimum absolute atomic E-state index is 0.483. The molecule has 1 unspecified atom stereocenters. The second kappa shape index (κ2) is 5.74. The van der Waals surface area contributed by atoms with Crippen LogP contribution in [-0.2, 0) is 0 Å². The number of benzene rings is 1. The molecular weight excluding hydrogens is 214 g/mol. The molecule has 0 saturated carbocycles. The molecule has 0 N–H and O–H groups in total. The van der Waals surface area contributed by atoms with Crippen molar-refractivity contribution in [2.45, 2.75) is 33.2 Å². The first-order valence-electron chi connectivity index (χ1n) is 5.83. The van der Waals surface area contributed by atoms with E-state index >= 15 is 0 Å². The van der Waals surface area contributed by atoms with E-state index in [1.165, 1.54) is 22.3 Å². The lowest BCUT2D eigenvalue weighted by Crippen LogP contribution is -2.21. The van der Waals surface area contributed by atoms with E-state index in [4.69, 9.17) is 0 Å². The number of aryl methyl sites for hydroxylation is 1. The van der Waals surface area contributed by atoms with Crippen LogP contribution in [0.2, 0.25) is 0 Å². The molecule has 0 amide bonds. The normalized spacial score (nSPS) is 13.2. The Balaban J connectivity index is 3.15. The number of hydrogen-bond donors (Lipinski definition) is 1. The summed E-state index contributed by atoms with van der Waals surface area (Å²) in [5, 5.41) is 0. The van der Waals surface area contributed by atoms with Gasteiger partial charge < -0.3 is 4.90 Å². The summed E-state index contributed by atoms with van der Waals surface area (Å²) < 4.78 is 0. The van der Waals surface area contributed by atoms with Gasteiger partial charge in [0.15, 0.2) is 0 Å². The summed E-state index contributed by atoms with van der Waals surface area (Å²) in [6.45, 7) is 6.61. The molecule has 0 aromatic heterocycles. The second-order valence-electron chi connectivity index (χ2n) is 4.71. The lowest BCUT2D eigenvalue weighted by atomic mass is 9.92. The van der Waals surface area contributed by atoms with E-state index in [-0.39, 0.29) is 0 Å². The van der Waals surface area contributed by atoms with E-state index in [2.05, 4.69) is 64.5 Å². The van der Waals surface area contributed by atoms with Crippen molar-refractivity contribution in [1.29, 1.82) is 0 Å². The van der Waals surface area contributed by atoms with E-state index < -0.39 is 0 Å². The summed E-state index contributed by atoms with van der Waals surface area (Å²) in [6.07, 6.45) is 1.10. The zero-order valence-electron chi connectivity index (χ0n) is 11.0. The maximum atomic E-state index is 4.36. The van der Waals surface area contributed by atoms with Gasteiger partial charge in [0.25, 0.3) is 0 Å². The number of thiol groups is 1. The van der Waals surface area contributed by atoms with Crippen LogP contribution in [0, 0.1) is 20.8 Å². The van der Waals surface area contributed by atoms with Crippen LogP contribution >= 0.6 is 12.6 Å². The molecule has 0 radical (unpaired) electrons. The maximum absolute atomic E-state index is 4.36. The molecule has 0 aliphatic rings. The molecule has 0 heterocycles. The standard InChI is InChI=1S/C14H23NS/c1-10-6-7-13(12(3)11(10)2)14(8-9-16)15(4)5/h6-7,14,16H,8-9H2,1-5H3. The Morgan fingerprint density at radius 1 is 1.12 bits per heavy atom. The molecule has 1 rings (SSSR count). The highest BCUT2D eigenvalue weighted by atomic mass is 32.1. The van der Waals surface area contributed by atoms with Gasteiger partial charge in [0.2, 0.25) is 0 Å². The van der Waals surface area contributed by atoms with Gasteiger partial charge in [-0.1, -0.05) is 12.1 Å². The third-order valence-electron chi connectivity index (χ3n) is 3.48. The van der Waals surface area contributed by atoms with Crippen LogP contribution in [0.1, 0.15) is 34.7 Å². The summed E-state index contributed by atoms with van der Waals surface area (Å²) in [7, 11) is 4.28. The molecule has 0 aliphatic carbocycles. The van der Waals surface area contributed by atoms with E-state index in [1.807, 2.05) is 0 Å². The lowest BCUT2D eigenvalue weighted by molar-refractivity contribution is 0.292. The molecule has 1 aromatic carbocycles. The van der Waals surface area contributed by atoms with Gasteiger partial charge >= 0.3 is 0 Å². The second-order valence-corrected chi connectivity index (χ2v) is 5.16. The fourth-order valence-corrected chi connectivity index (χ4v) is 2.40. The predicted octanol–water partition coefficient (Wildman–Crippen LogP) is 3.53. The van der Waals surface area contributed by atoms with Crippen LogP contribution in [0.5, 0.6) is 0 Å². The Morgan fingerprint density at radius 3 is 2.25 bits per heavy atom. The van der Waals surface area contributed by atoms with Crippen LogP contribution < -0.4 is 0 Å². The number of hydrogen-bond acceptors (Lipinski definition) is 2. The molecule has 0 fully saturated rings. The molecular formula is C14H23NS. The Bertz CT molecular complexity index is 358. The summed E-state index contributed by atoms with van der Waals surface area (Å²) in [5.74, 6) is 0.926. The van der Waals surface area contributed by atoms with Crippen molar-refractivity contribution in [3.8, 4) is 0 Å². The smallest absolute Gasteiger partial charge is 0.0352 e. The van der Waals surface area contributed by atoms with Crippen molar-refractivity contribution in [1.82, 2.24) is 4.90 Å². The molecule has 90 valence electrons. The Hall–Kier alpha value is -0.470. The molecule has 1 nitrogen and oxygen atoms in total. The zero-order valence-corrected chi connectivity index (χ0v) is 11.9. The fourth-order valence-electron chi connectivity index (χ4n) is 2.15. The maximum Gasteiger partial charge on any atom is 0.0352 e. The van der Waals surface area contributed by atoms with Crippen LogP contribution in [0.4, 0.5) is 0 Å². The lowest BCUT2D eigenvalue weighted by Gasteiger charge is -2.27. The van der Waals surface area contributed by atoms with Crippen LogP contribution in [0.25, 0.3) is 0 Å². The van der Waals surface area contributed by atoms with Gasteiger partial charge in [-0.25, -0.2) is 0 Å². The summed E-state index contributed by atoms with van der Waals surface area (Å²) in [4.78, 5) is 2.29. The van der Waals surface area contributed by atoms with Crippen molar-refractivity contribution in [2.75, 3.05) is 19.8 Å². The minimum Gasteiger partial charge on any atom is -0.302 e. The molecule has 0 spiro atoms. The first kappa shape index (κ1) is 13.6. The predicted molar refractivity (Wildman–Crippen MR) is 75.6 cm³/mol. The van der Waals surface area contributed by atoms with Gasteiger partial charge in [-0.3, -0.25) is 0 Å². The van der Waals surface area contributed by atoms with Gasteiger partial charge in [0, 0.05) is 6.04 Å². The SMILES string of the molecule is Cc1ccc(C(CCS)N(C)C)c(C)c1C. The van der Waals surface area contributed by atoms with Crippen LogP contribution in [0.15, 0.2) is 12.1 Å². The van der Waals surface area contributed by atoms with E-state index in [0.29, 0.717) is 6.04 Å². The molecule has 16 heavy (non-hydrogen) atoms. The zero-order chi connectivity index (χ0) is 12.3.